The van der Waals surface area contributed by atoms with E-state index >= 15 is 0 Å². The third-order valence-electron chi connectivity index (χ3n) is 6.66. The molecular weight excluding hydrogens is 431 g/mol. The van der Waals surface area contributed by atoms with Crippen LogP contribution in [-0.4, -0.2) is 28.4 Å². The second kappa shape index (κ2) is 9.82. The Balaban J connectivity index is 1.47. The van der Waals surface area contributed by atoms with Crippen LogP contribution in [0.15, 0.2) is 58.7 Å². The van der Waals surface area contributed by atoms with E-state index in [1.165, 1.54) is 0 Å². The van der Waals surface area contributed by atoms with E-state index in [1.54, 1.807) is 13.0 Å². The summed E-state index contributed by atoms with van der Waals surface area (Å²) in [5.41, 5.74) is 3.22. The smallest absolute Gasteiger partial charge is 0.155 e. The highest BCUT2D eigenvalue weighted by molar-refractivity contribution is 5.87. The number of fused-ring (bicyclic) bond motifs is 1. The number of nitrogens with one attached hydrogen (secondary N) is 2. The van der Waals surface area contributed by atoms with Crippen molar-refractivity contribution in [2.75, 3.05) is 0 Å². The Morgan fingerprint density at radius 2 is 2.00 bits per heavy atom. The second-order valence-corrected chi connectivity index (χ2v) is 11.2. The molecule has 0 spiro atoms. The largest absolute Gasteiger partial charge is 0.368 e. The summed E-state index contributed by atoms with van der Waals surface area (Å²) < 4.78 is 19.9. The van der Waals surface area contributed by atoms with E-state index in [0.29, 0.717) is 25.0 Å². The number of alkyl halides is 1. The summed E-state index contributed by atoms with van der Waals surface area (Å²) in [6.07, 6.45) is 15.0. The molecule has 34 heavy (non-hydrogen) atoms. The zero-order valence-corrected chi connectivity index (χ0v) is 20.9. The highest BCUT2D eigenvalue weighted by atomic mass is 19.1. The number of hydrogen-bond acceptors (Lipinski definition) is 5. The van der Waals surface area contributed by atoms with Crippen LogP contribution in [0.5, 0.6) is 0 Å². The van der Waals surface area contributed by atoms with Gasteiger partial charge in [-0.3, -0.25) is 4.79 Å². The predicted octanol–water partition coefficient (Wildman–Crippen LogP) is 5.47. The molecule has 1 fully saturated rings. The van der Waals surface area contributed by atoms with Gasteiger partial charge in [0.25, 0.3) is 0 Å². The summed E-state index contributed by atoms with van der Waals surface area (Å²) in [6.45, 7) is 7.39. The van der Waals surface area contributed by atoms with Crippen molar-refractivity contribution in [1.29, 1.82) is 0 Å². The molecule has 1 aliphatic heterocycles. The van der Waals surface area contributed by atoms with Crippen LogP contribution >= 0.6 is 0 Å². The number of halogens is 1. The average molecular weight is 471 g/mol. The third kappa shape index (κ3) is 6.48. The zero-order valence-electron chi connectivity index (χ0n) is 20.9. The van der Waals surface area contributed by atoms with Crippen LogP contribution in [0.2, 0.25) is 0 Å². The first-order valence-electron chi connectivity index (χ1n) is 12.7. The van der Waals surface area contributed by atoms with Gasteiger partial charge in [0.1, 0.15) is 11.5 Å². The summed E-state index contributed by atoms with van der Waals surface area (Å²) in [7, 11) is 0. The van der Waals surface area contributed by atoms with Crippen molar-refractivity contribution in [1.82, 2.24) is 10.6 Å². The normalized spacial score (nSPS) is 27.7. The molecule has 5 nitrogen and oxygen atoms in total. The molecule has 4 aliphatic rings. The Labute approximate surface area is 202 Å². The summed E-state index contributed by atoms with van der Waals surface area (Å²) >= 11 is 0. The molecule has 0 saturated heterocycles. The molecule has 6 heteroatoms. The fourth-order valence-corrected chi connectivity index (χ4v) is 4.66. The minimum Gasteiger partial charge on any atom is -0.368 e. The number of carbonyl (C=O) groups excluding carboxylic acids is 1. The lowest BCUT2D eigenvalue weighted by Gasteiger charge is -2.33. The molecule has 1 heterocycles. The van der Waals surface area contributed by atoms with Crippen LogP contribution in [-0.2, 0) is 9.53 Å². The molecular formula is C28H39FN2O3. The first-order chi connectivity index (χ1) is 16.0. The molecule has 0 aromatic carbocycles. The molecule has 186 valence electrons. The SMILES string of the molecule is CC1(F)C=CC(C2=C(CCCCC(O)OC(C)(C)C)NC3=CC(C(=O)C4CC4)CC=C3N2)=CC1. The van der Waals surface area contributed by atoms with E-state index in [0.717, 1.165) is 60.5 Å². The predicted molar refractivity (Wildman–Crippen MR) is 132 cm³/mol. The number of unbranched alkanes of at least 4 members (excludes halogenated alkanes) is 1. The van der Waals surface area contributed by atoms with E-state index in [4.69, 9.17) is 4.74 Å². The number of carbonyl (C=O) groups is 1. The van der Waals surface area contributed by atoms with E-state index in [9.17, 15) is 14.3 Å². The van der Waals surface area contributed by atoms with Crippen molar-refractivity contribution in [2.45, 2.75) is 96.6 Å². The van der Waals surface area contributed by atoms with Crippen molar-refractivity contribution < 1.29 is 19.0 Å². The van der Waals surface area contributed by atoms with Crippen LogP contribution in [0.25, 0.3) is 0 Å². The molecule has 0 radical (unpaired) electrons. The average Bonchev–Trinajstić information content (AvgIpc) is 3.60. The van der Waals surface area contributed by atoms with Crippen molar-refractivity contribution >= 4 is 5.78 Å². The topological polar surface area (TPSA) is 70.6 Å². The van der Waals surface area contributed by atoms with Gasteiger partial charge in [-0.2, -0.15) is 0 Å². The van der Waals surface area contributed by atoms with Gasteiger partial charge in [0, 0.05) is 24.0 Å². The number of ether oxygens (including phenoxy) is 1. The summed E-state index contributed by atoms with van der Waals surface area (Å²) in [4.78, 5) is 12.6. The monoisotopic (exact) mass is 470 g/mol. The molecule has 0 bridgehead atoms. The molecule has 3 atom stereocenters. The van der Waals surface area contributed by atoms with Crippen LogP contribution in [0.3, 0.4) is 0 Å². The number of aliphatic hydroxyl groups excluding tert-OH is 1. The van der Waals surface area contributed by atoms with E-state index in [2.05, 4.69) is 22.8 Å². The van der Waals surface area contributed by atoms with Gasteiger partial charge in [-0.25, -0.2) is 4.39 Å². The van der Waals surface area contributed by atoms with Crippen molar-refractivity contribution in [2.24, 2.45) is 11.8 Å². The minimum atomic E-state index is -1.32. The van der Waals surface area contributed by atoms with Crippen LogP contribution < -0.4 is 10.6 Å². The molecule has 4 rings (SSSR count). The maximum atomic E-state index is 14.3. The Hall–Kier alpha value is -2.18. The first-order valence-corrected chi connectivity index (χ1v) is 12.7. The first kappa shape index (κ1) is 24.9. The van der Waals surface area contributed by atoms with Crippen molar-refractivity contribution in [3.05, 3.63) is 58.7 Å². The quantitative estimate of drug-likeness (QED) is 0.308. The van der Waals surface area contributed by atoms with Gasteiger partial charge in [0.2, 0.25) is 0 Å². The Morgan fingerprint density at radius 3 is 2.65 bits per heavy atom. The third-order valence-corrected chi connectivity index (χ3v) is 6.66. The molecule has 3 unspecified atom stereocenters. The zero-order chi connectivity index (χ0) is 24.5. The number of hydrogen-bond donors (Lipinski definition) is 3. The van der Waals surface area contributed by atoms with Crippen molar-refractivity contribution in [3.63, 3.8) is 0 Å². The van der Waals surface area contributed by atoms with Crippen LogP contribution in [0.4, 0.5) is 4.39 Å². The number of allylic oxidation sites excluding steroid dienone is 6. The number of aliphatic hydroxyl groups is 1. The van der Waals surface area contributed by atoms with Gasteiger partial charge in [-0.05, 0) is 90.4 Å². The fraction of sp³-hybridized carbons (Fsp3) is 0.607. The Morgan fingerprint density at radius 1 is 1.24 bits per heavy atom. The minimum absolute atomic E-state index is 0.0610. The van der Waals surface area contributed by atoms with Gasteiger partial charge in [-0.1, -0.05) is 18.2 Å². The fourth-order valence-electron chi connectivity index (χ4n) is 4.66. The summed E-state index contributed by atoms with van der Waals surface area (Å²) in [6, 6.07) is 0. The lowest BCUT2D eigenvalue weighted by Crippen LogP contribution is -2.36. The van der Waals surface area contributed by atoms with Gasteiger partial charge in [-0.15, -0.1) is 0 Å². The maximum absolute atomic E-state index is 14.3. The summed E-state index contributed by atoms with van der Waals surface area (Å²) in [5, 5.41) is 17.3. The van der Waals surface area contributed by atoms with Gasteiger partial charge < -0.3 is 20.5 Å². The molecule has 3 aliphatic carbocycles. The van der Waals surface area contributed by atoms with E-state index < -0.39 is 12.0 Å². The Kier molecular flexibility index (Phi) is 7.20. The molecule has 1 saturated carbocycles. The highest BCUT2D eigenvalue weighted by Crippen LogP contribution is 2.37. The van der Waals surface area contributed by atoms with E-state index in [1.807, 2.05) is 32.9 Å². The molecule has 0 aromatic heterocycles. The van der Waals surface area contributed by atoms with Gasteiger partial charge in [0.05, 0.1) is 22.7 Å². The van der Waals surface area contributed by atoms with Crippen LogP contribution in [0, 0.1) is 11.8 Å². The van der Waals surface area contributed by atoms with Gasteiger partial charge >= 0.3 is 0 Å². The number of rotatable bonds is 9. The standard InChI is InChI=1S/C28H39FN2O3/c1-27(2,3)34-24(32)8-6-5-7-22-25(18-13-15-28(4,29)16-14-18)31-21-12-11-20(17-23(21)30-22)26(33)19-9-10-19/h12-15,17,19-20,24,30-32H,5-11,16H2,1-4H3. The number of ketones is 1. The lowest BCUT2D eigenvalue weighted by atomic mass is 9.88. The highest BCUT2D eigenvalue weighted by Gasteiger charge is 2.36. The molecule has 3 N–H and O–H groups in total. The molecule has 0 aromatic rings. The second-order valence-electron chi connectivity index (χ2n) is 11.2. The Bertz CT molecular complexity index is 961. The van der Waals surface area contributed by atoms with Crippen LogP contribution in [0.1, 0.15) is 79.1 Å². The van der Waals surface area contributed by atoms with Gasteiger partial charge in [0.15, 0.2) is 6.29 Å². The maximum Gasteiger partial charge on any atom is 0.155 e. The molecule has 0 amide bonds. The summed E-state index contributed by atoms with van der Waals surface area (Å²) in [5.74, 6) is 0.538. The number of Topliss-reactive ketones (excluding diaryl/α,β-unsaturated/α-hetero) is 1. The van der Waals surface area contributed by atoms with E-state index in [-0.39, 0.29) is 17.4 Å². The van der Waals surface area contributed by atoms with Crippen molar-refractivity contribution in [3.8, 4) is 0 Å². The lowest BCUT2D eigenvalue weighted by molar-refractivity contribution is -0.168.